The van der Waals surface area contributed by atoms with E-state index in [4.69, 9.17) is 11.6 Å². The first-order valence-electron chi connectivity index (χ1n) is 6.96. The van der Waals surface area contributed by atoms with E-state index in [1.807, 2.05) is 18.2 Å². The van der Waals surface area contributed by atoms with Gasteiger partial charge in [-0.05, 0) is 58.5 Å². The summed E-state index contributed by atoms with van der Waals surface area (Å²) in [6.07, 6.45) is 2.34. The minimum atomic E-state index is -0.0619. The van der Waals surface area contributed by atoms with Gasteiger partial charge in [-0.3, -0.25) is 4.79 Å². The predicted molar refractivity (Wildman–Crippen MR) is 88.5 cm³/mol. The summed E-state index contributed by atoms with van der Waals surface area (Å²) in [4.78, 5) is 12.4. The maximum Gasteiger partial charge on any atom is 0.251 e. The molecule has 1 amide bonds. The van der Waals surface area contributed by atoms with Gasteiger partial charge in [0.05, 0.1) is 11.1 Å². The first-order valence-corrected chi connectivity index (χ1v) is 8.13. The van der Waals surface area contributed by atoms with Gasteiger partial charge in [0.1, 0.15) is 0 Å². The number of amides is 1. The van der Waals surface area contributed by atoms with E-state index in [1.165, 1.54) is 18.4 Å². The van der Waals surface area contributed by atoms with E-state index >= 15 is 0 Å². The molecule has 1 aliphatic carbocycles. The third kappa shape index (κ3) is 3.47. The van der Waals surface area contributed by atoms with Gasteiger partial charge < -0.3 is 5.32 Å². The average Bonchev–Trinajstić information content (AvgIpc) is 3.33. The van der Waals surface area contributed by atoms with Crippen LogP contribution in [0.5, 0.6) is 0 Å². The maximum absolute atomic E-state index is 12.4. The number of hydrogen-bond acceptors (Lipinski definition) is 1. The minimum Gasteiger partial charge on any atom is -0.345 e. The normalized spacial score (nSPS) is 15.5. The molecular weight excluding hydrogens is 350 g/mol. The number of carbonyl (C=O) groups is 1. The lowest BCUT2D eigenvalue weighted by Gasteiger charge is -2.19. The van der Waals surface area contributed by atoms with Crippen LogP contribution in [-0.2, 0) is 0 Å². The highest BCUT2D eigenvalue weighted by Gasteiger charge is 2.33. The molecule has 21 heavy (non-hydrogen) atoms. The van der Waals surface area contributed by atoms with Crippen LogP contribution in [0, 0.1) is 5.92 Å². The van der Waals surface area contributed by atoms with Crippen molar-refractivity contribution in [1.82, 2.24) is 5.32 Å². The first kappa shape index (κ1) is 14.6. The zero-order valence-corrected chi connectivity index (χ0v) is 13.7. The lowest BCUT2D eigenvalue weighted by molar-refractivity contribution is 0.0931. The second-order valence-corrected chi connectivity index (χ2v) is 6.59. The molecule has 1 aliphatic rings. The van der Waals surface area contributed by atoms with Crippen molar-refractivity contribution in [3.63, 3.8) is 0 Å². The van der Waals surface area contributed by atoms with Gasteiger partial charge in [-0.25, -0.2) is 0 Å². The lowest BCUT2D eigenvalue weighted by Crippen LogP contribution is -2.29. The third-order valence-electron chi connectivity index (χ3n) is 3.72. The summed E-state index contributed by atoms with van der Waals surface area (Å²) in [5.74, 6) is 0.486. The summed E-state index contributed by atoms with van der Waals surface area (Å²) in [6, 6.07) is 15.5. The number of halogens is 2. The molecule has 1 fully saturated rings. The molecular formula is C17H15BrClNO. The summed E-state index contributed by atoms with van der Waals surface area (Å²) in [5, 5.41) is 3.76. The van der Waals surface area contributed by atoms with Crippen LogP contribution in [0.3, 0.4) is 0 Å². The van der Waals surface area contributed by atoms with Gasteiger partial charge in [-0.1, -0.05) is 41.9 Å². The van der Waals surface area contributed by atoms with Crippen LogP contribution in [0.15, 0.2) is 53.0 Å². The fraction of sp³-hybridized carbons (Fsp3) is 0.235. The predicted octanol–water partition coefficient (Wildman–Crippen LogP) is 4.98. The molecule has 1 atom stereocenters. The van der Waals surface area contributed by atoms with Crippen molar-refractivity contribution in [2.75, 3.05) is 0 Å². The number of nitrogens with one attached hydrogen (secondary N) is 1. The standard InChI is InChI=1S/C17H15BrClNO/c18-14-10-13(8-9-15(14)19)17(21)20-16(12-6-7-12)11-4-2-1-3-5-11/h1-5,8-10,12,16H,6-7H2,(H,20,21). The average molecular weight is 365 g/mol. The molecule has 0 saturated heterocycles. The van der Waals surface area contributed by atoms with Crippen LogP contribution in [0.2, 0.25) is 5.02 Å². The molecule has 108 valence electrons. The summed E-state index contributed by atoms with van der Waals surface area (Å²) in [6.45, 7) is 0. The van der Waals surface area contributed by atoms with Crippen LogP contribution in [0.4, 0.5) is 0 Å². The first-order chi connectivity index (χ1) is 10.1. The summed E-state index contributed by atoms with van der Waals surface area (Å²) in [7, 11) is 0. The molecule has 2 aromatic rings. The van der Waals surface area contributed by atoms with Crippen molar-refractivity contribution in [2.45, 2.75) is 18.9 Å². The van der Waals surface area contributed by atoms with E-state index in [1.54, 1.807) is 18.2 Å². The van der Waals surface area contributed by atoms with Crippen LogP contribution in [0.1, 0.15) is 34.8 Å². The molecule has 1 saturated carbocycles. The second kappa shape index (κ2) is 6.20. The van der Waals surface area contributed by atoms with Gasteiger partial charge in [-0.15, -0.1) is 0 Å². The van der Waals surface area contributed by atoms with Crippen molar-refractivity contribution in [2.24, 2.45) is 5.92 Å². The van der Waals surface area contributed by atoms with Crippen molar-refractivity contribution < 1.29 is 4.79 Å². The molecule has 0 heterocycles. The van der Waals surface area contributed by atoms with Crippen LogP contribution >= 0.6 is 27.5 Å². The number of rotatable bonds is 4. The van der Waals surface area contributed by atoms with Gasteiger partial charge in [0.25, 0.3) is 5.91 Å². The number of benzene rings is 2. The largest absolute Gasteiger partial charge is 0.345 e. The van der Waals surface area contributed by atoms with Crippen molar-refractivity contribution in [3.05, 3.63) is 69.2 Å². The highest BCUT2D eigenvalue weighted by Crippen LogP contribution is 2.41. The fourth-order valence-corrected chi connectivity index (χ4v) is 2.92. The number of hydrogen-bond donors (Lipinski definition) is 1. The van der Waals surface area contributed by atoms with E-state index in [2.05, 4.69) is 33.4 Å². The van der Waals surface area contributed by atoms with Crippen molar-refractivity contribution >= 4 is 33.4 Å². The number of carbonyl (C=O) groups excluding carboxylic acids is 1. The van der Waals surface area contributed by atoms with Crippen LogP contribution in [-0.4, -0.2) is 5.91 Å². The Hall–Kier alpha value is -1.32. The lowest BCUT2D eigenvalue weighted by atomic mass is 10.0. The zero-order chi connectivity index (χ0) is 14.8. The van der Waals surface area contributed by atoms with E-state index in [-0.39, 0.29) is 11.9 Å². The molecule has 0 aromatic heterocycles. The second-order valence-electron chi connectivity index (χ2n) is 5.33. The Balaban J connectivity index is 1.79. The Morgan fingerprint density at radius 1 is 1.19 bits per heavy atom. The maximum atomic E-state index is 12.4. The van der Waals surface area contributed by atoms with Gasteiger partial charge >= 0.3 is 0 Å². The molecule has 1 N–H and O–H groups in total. The van der Waals surface area contributed by atoms with Gasteiger partial charge in [0.15, 0.2) is 0 Å². The molecule has 4 heteroatoms. The summed E-state index contributed by atoms with van der Waals surface area (Å²) in [5.41, 5.74) is 1.79. The Kier molecular flexibility index (Phi) is 4.32. The van der Waals surface area contributed by atoms with Crippen molar-refractivity contribution in [3.8, 4) is 0 Å². The highest BCUT2D eigenvalue weighted by atomic mass is 79.9. The zero-order valence-electron chi connectivity index (χ0n) is 11.4. The van der Waals surface area contributed by atoms with E-state index in [0.717, 1.165) is 4.47 Å². The quantitative estimate of drug-likeness (QED) is 0.814. The van der Waals surface area contributed by atoms with Gasteiger partial charge in [0.2, 0.25) is 0 Å². The summed E-state index contributed by atoms with van der Waals surface area (Å²) < 4.78 is 0.736. The van der Waals surface area contributed by atoms with Crippen LogP contribution < -0.4 is 5.32 Å². The SMILES string of the molecule is O=C(NC(c1ccccc1)C1CC1)c1ccc(Cl)c(Br)c1. The highest BCUT2D eigenvalue weighted by molar-refractivity contribution is 9.10. The Bertz CT molecular complexity index is 655. The smallest absolute Gasteiger partial charge is 0.251 e. The Morgan fingerprint density at radius 2 is 1.90 bits per heavy atom. The molecule has 1 unspecified atom stereocenters. The van der Waals surface area contributed by atoms with E-state index in [9.17, 15) is 4.79 Å². The van der Waals surface area contributed by atoms with Crippen molar-refractivity contribution in [1.29, 1.82) is 0 Å². The van der Waals surface area contributed by atoms with Gasteiger partial charge in [0, 0.05) is 10.0 Å². The third-order valence-corrected chi connectivity index (χ3v) is 4.93. The molecule has 2 aromatic carbocycles. The molecule has 3 rings (SSSR count). The Labute approximate surface area is 137 Å². The van der Waals surface area contributed by atoms with E-state index in [0.29, 0.717) is 16.5 Å². The van der Waals surface area contributed by atoms with Crippen LogP contribution in [0.25, 0.3) is 0 Å². The Morgan fingerprint density at radius 3 is 2.52 bits per heavy atom. The molecule has 0 spiro atoms. The molecule has 2 nitrogen and oxygen atoms in total. The monoisotopic (exact) mass is 363 g/mol. The fourth-order valence-electron chi connectivity index (χ4n) is 2.43. The topological polar surface area (TPSA) is 29.1 Å². The van der Waals surface area contributed by atoms with Gasteiger partial charge in [-0.2, -0.15) is 0 Å². The molecule has 0 bridgehead atoms. The van der Waals surface area contributed by atoms with E-state index < -0.39 is 0 Å². The molecule has 0 radical (unpaired) electrons. The summed E-state index contributed by atoms with van der Waals surface area (Å²) >= 11 is 9.32. The molecule has 0 aliphatic heterocycles. The minimum absolute atomic E-state index is 0.0619.